The predicted octanol–water partition coefficient (Wildman–Crippen LogP) is 2.27. The monoisotopic (exact) mass is 231 g/mol. The Hall–Kier alpha value is -1.28. The highest BCUT2D eigenvalue weighted by Gasteiger charge is 2.06. The Bertz CT molecular complexity index is 271. The Morgan fingerprint density at radius 1 is 1.33 bits per heavy atom. The third-order valence-electron chi connectivity index (χ3n) is 1.32. The van der Waals surface area contributed by atoms with Gasteiger partial charge in [0.1, 0.15) is 19.3 Å². The molecule has 0 rings (SSSR count). The van der Waals surface area contributed by atoms with E-state index in [2.05, 4.69) is 15.1 Å². The summed E-state index contributed by atoms with van der Waals surface area (Å²) in [5, 5.41) is 15.6. The maximum atomic E-state index is 8.67. The summed E-state index contributed by atoms with van der Waals surface area (Å²) < 4.78 is 0. The minimum atomic E-state index is -0.101. The molecule has 0 aromatic carbocycles. The van der Waals surface area contributed by atoms with Crippen LogP contribution in [0.3, 0.4) is 0 Å². The Labute approximate surface area is 94.3 Å². The van der Waals surface area contributed by atoms with Gasteiger partial charge in [-0.2, -0.15) is 5.26 Å². The van der Waals surface area contributed by atoms with Crippen molar-refractivity contribution in [2.75, 3.05) is 13.2 Å². The van der Waals surface area contributed by atoms with Crippen LogP contribution in [0.25, 0.3) is 0 Å². The van der Waals surface area contributed by atoms with Gasteiger partial charge < -0.3 is 9.68 Å². The average molecular weight is 232 g/mol. The summed E-state index contributed by atoms with van der Waals surface area (Å²) in [5.41, 5.74) is -0.0822. The number of unbranched alkanes of at least 4 members (excludes halogenated alkanes) is 1. The fourth-order valence-electron chi connectivity index (χ4n) is 0.588. The zero-order valence-corrected chi connectivity index (χ0v) is 9.62. The summed E-state index contributed by atoms with van der Waals surface area (Å²) in [6, 6.07) is 1.77. The molecule has 0 radical (unpaired) electrons. The Morgan fingerprint density at radius 2 is 2.07 bits per heavy atom. The molecule has 0 bridgehead atoms. The Kier molecular flexibility index (Phi) is 8.49. The van der Waals surface area contributed by atoms with Crippen molar-refractivity contribution in [3.8, 4) is 6.07 Å². The van der Waals surface area contributed by atoms with Crippen LogP contribution in [0.15, 0.2) is 10.3 Å². The molecule has 0 aliphatic heterocycles. The fourth-order valence-corrected chi connectivity index (χ4v) is 0.713. The van der Waals surface area contributed by atoms with Crippen molar-refractivity contribution in [2.24, 2.45) is 10.3 Å². The average Bonchev–Trinajstić information content (AvgIpc) is 2.26. The summed E-state index contributed by atoms with van der Waals surface area (Å²) in [6.45, 7) is 4.63. The highest BCUT2D eigenvalue weighted by molar-refractivity contribution is 6.85. The lowest BCUT2D eigenvalue weighted by Crippen LogP contribution is -2.07. The van der Waals surface area contributed by atoms with E-state index in [-0.39, 0.29) is 10.9 Å². The van der Waals surface area contributed by atoms with Crippen molar-refractivity contribution >= 4 is 22.5 Å². The van der Waals surface area contributed by atoms with E-state index in [1.807, 2.05) is 6.92 Å². The van der Waals surface area contributed by atoms with Gasteiger partial charge in [-0.05, 0) is 13.3 Å². The van der Waals surface area contributed by atoms with Gasteiger partial charge in [0.2, 0.25) is 10.9 Å². The van der Waals surface area contributed by atoms with Crippen LogP contribution in [0.1, 0.15) is 26.7 Å². The van der Waals surface area contributed by atoms with Crippen molar-refractivity contribution in [3.63, 3.8) is 0 Å². The molecule has 0 heterocycles. The molecule has 0 saturated heterocycles. The second kappa shape index (κ2) is 9.28. The first-order valence-corrected chi connectivity index (χ1v) is 5.09. The zero-order chi connectivity index (χ0) is 11.5. The molecule has 0 aromatic rings. The van der Waals surface area contributed by atoms with E-state index in [4.69, 9.17) is 21.7 Å². The van der Waals surface area contributed by atoms with E-state index < -0.39 is 0 Å². The highest BCUT2D eigenvalue weighted by atomic mass is 35.5. The van der Waals surface area contributed by atoms with E-state index in [0.29, 0.717) is 13.2 Å². The predicted molar refractivity (Wildman–Crippen MR) is 58.8 cm³/mol. The third-order valence-corrected chi connectivity index (χ3v) is 1.57. The normalized spacial score (nSPS) is 12.1. The minimum absolute atomic E-state index is 0.0822. The molecule has 0 aliphatic rings. The van der Waals surface area contributed by atoms with E-state index >= 15 is 0 Å². The molecule has 0 saturated carbocycles. The SMILES string of the molecule is CCCCON=C(C#N)C(Cl)=NOCC. The molecule has 0 unspecified atom stereocenters. The van der Waals surface area contributed by atoms with Crippen molar-refractivity contribution in [3.05, 3.63) is 0 Å². The van der Waals surface area contributed by atoms with Crippen LogP contribution in [0.4, 0.5) is 0 Å². The third kappa shape index (κ3) is 6.75. The quantitative estimate of drug-likeness (QED) is 0.384. The van der Waals surface area contributed by atoms with Crippen molar-refractivity contribution < 1.29 is 9.68 Å². The van der Waals surface area contributed by atoms with E-state index in [0.717, 1.165) is 12.8 Å². The lowest BCUT2D eigenvalue weighted by molar-refractivity contribution is 0.141. The van der Waals surface area contributed by atoms with Gasteiger partial charge in [-0.15, -0.1) is 0 Å². The summed E-state index contributed by atoms with van der Waals surface area (Å²) in [5.74, 6) is 0. The van der Waals surface area contributed by atoms with Gasteiger partial charge in [0, 0.05) is 0 Å². The number of hydrogen-bond acceptors (Lipinski definition) is 5. The largest absolute Gasteiger partial charge is 0.395 e. The number of nitriles is 1. The summed E-state index contributed by atoms with van der Waals surface area (Å²) >= 11 is 5.63. The summed E-state index contributed by atoms with van der Waals surface area (Å²) in [4.78, 5) is 9.55. The van der Waals surface area contributed by atoms with Crippen LogP contribution < -0.4 is 0 Å². The van der Waals surface area contributed by atoms with Gasteiger partial charge in [-0.3, -0.25) is 0 Å². The summed E-state index contributed by atoms with van der Waals surface area (Å²) in [7, 11) is 0. The molecule has 15 heavy (non-hydrogen) atoms. The maximum Gasteiger partial charge on any atom is 0.220 e. The van der Waals surface area contributed by atoms with Crippen molar-refractivity contribution in [2.45, 2.75) is 26.7 Å². The molecular formula is C9H14ClN3O2. The lowest BCUT2D eigenvalue weighted by Gasteiger charge is -1.98. The molecule has 84 valence electrons. The number of nitrogens with zero attached hydrogens (tertiary/aromatic N) is 3. The topological polar surface area (TPSA) is 67.0 Å². The number of hydrogen-bond donors (Lipinski definition) is 0. The number of rotatable bonds is 7. The first-order chi connectivity index (χ1) is 7.26. The van der Waals surface area contributed by atoms with Crippen LogP contribution in [0.2, 0.25) is 0 Å². The molecule has 0 atom stereocenters. The smallest absolute Gasteiger partial charge is 0.220 e. The number of oxime groups is 2. The van der Waals surface area contributed by atoms with Crippen LogP contribution in [-0.2, 0) is 9.68 Å². The Morgan fingerprint density at radius 3 is 2.60 bits per heavy atom. The fraction of sp³-hybridized carbons (Fsp3) is 0.667. The van der Waals surface area contributed by atoms with E-state index in [9.17, 15) is 0 Å². The van der Waals surface area contributed by atoms with Crippen LogP contribution >= 0.6 is 11.6 Å². The zero-order valence-electron chi connectivity index (χ0n) is 8.86. The van der Waals surface area contributed by atoms with Crippen molar-refractivity contribution in [1.29, 1.82) is 5.26 Å². The molecule has 0 aromatic heterocycles. The van der Waals surface area contributed by atoms with Gasteiger partial charge in [-0.25, -0.2) is 0 Å². The molecule has 5 nitrogen and oxygen atoms in total. The highest BCUT2D eigenvalue weighted by Crippen LogP contribution is 1.95. The van der Waals surface area contributed by atoms with E-state index in [1.165, 1.54) is 0 Å². The van der Waals surface area contributed by atoms with Gasteiger partial charge >= 0.3 is 0 Å². The van der Waals surface area contributed by atoms with Gasteiger partial charge in [0.05, 0.1) is 0 Å². The van der Waals surface area contributed by atoms with E-state index in [1.54, 1.807) is 13.0 Å². The molecule has 0 spiro atoms. The van der Waals surface area contributed by atoms with Gasteiger partial charge in [0.15, 0.2) is 0 Å². The first kappa shape index (κ1) is 13.7. The molecule has 6 heteroatoms. The molecule has 0 N–H and O–H groups in total. The van der Waals surface area contributed by atoms with Gasteiger partial charge in [0.25, 0.3) is 0 Å². The lowest BCUT2D eigenvalue weighted by atomic mass is 10.4. The molecule has 0 fully saturated rings. The second-order valence-electron chi connectivity index (χ2n) is 2.54. The maximum absolute atomic E-state index is 8.67. The van der Waals surface area contributed by atoms with Gasteiger partial charge in [-0.1, -0.05) is 35.3 Å². The minimum Gasteiger partial charge on any atom is -0.395 e. The van der Waals surface area contributed by atoms with Crippen LogP contribution in [0, 0.1) is 11.3 Å². The second-order valence-corrected chi connectivity index (χ2v) is 2.90. The molecular weight excluding hydrogens is 218 g/mol. The first-order valence-electron chi connectivity index (χ1n) is 4.72. The van der Waals surface area contributed by atoms with Crippen LogP contribution in [0.5, 0.6) is 0 Å². The molecule has 0 amide bonds. The standard InChI is InChI=1S/C9H14ClN3O2/c1-3-5-6-15-12-8(7-11)9(10)13-14-4-2/h3-6H2,1-2H3. The van der Waals surface area contributed by atoms with Crippen molar-refractivity contribution in [1.82, 2.24) is 0 Å². The Balaban J connectivity index is 4.17. The summed E-state index contributed by atoms with van der Waals surface area (Å²) in [6.07, 6.45) is 1.88. The molecule has 0 aliphatic carbocycles. The van der Waals surface area contributed by atoms with Crippen LogP contribution in [-0.4, -0.2) is 24.1 Å². The number of halogens is 1.